The summed E-state index contributed by atoms with van der Waals surface area (Å²) in [5, 5.41) is 3.50. The summed E-state index contributed by atoms with van der Waals surface area (Å²) in [7, 11) is 1.72. The Hall–Kier alpha value is -1.02. The van der Waals surface area contributed by atoms with Crippen molar-refractivity contribution in [3.8, 4) is 5.75 Å². The molecule has 1 N–H and O–H groups in total. The van der Waals surface area contributed by atoms with Crippen LogP contribution >= 0.6 is 0 Å². The molecule has 2 nitrogen and oxygen atoms in total. The van der Waals surface area contributed by atoms with E-state index in [0.29, 0.717) is 12.0 Å². The molecule has 1 aromatic carbocycles. The minimum atomic E-state index is 0.639. The Labute approximate surface area is 98.0 Å². The maximum atomic E-state index is 5.25. The quantitative estimate of drug-likeness (QED) is 0.826. The van der Waals surface area contributed by atoms with Gasteiger partial charge in [-0.05, 0) is 62.4 Å². The third kappa shape index (κ3) is 2.38. The van der Waals surface area contributed by atoms with Crippen LogP contribution in [0.1, 0.15) is 36.8 Å². The van der Waals surface area contributed by atoms with E-state index in [-0.39, 0.29) is 0 Å². The Balaban J connectivity index is 2.19. The molecule has 0 aliphatic carbocycles. The summed E-state index contributed by atoms with van der Waals surface area (Å²) in [6.45, 7) is 5.59. The summed E-state index contributed by atoms with van der Waals surface area (Å²) in [6.07, 6.45) is 2.49. The predicted molar refractivity (Wildman–Crippen MR) is 67.2 cm³/mol. The molecule has 16 heavy (non-hydrogen) atoms. The minimum Gasteiger partial charge on any atom is -0.497 e. The Morgan fingerprint density at radius 2 is 2.19 bits per heavy atom. The first kappa shape index (κ1) is 11.5. The van der Waals surface area contributed by atoms with E-state index in [1.54, 1.807) is 7.11 Å². The van der Waals surface area contributed by atoms with Crippen molar-refractivity contribution in [1.29, 1.82) is 0 Å². The standard InChI is InChI=1S/C14H21NO/c1-10-8-13(16-3)4-5-14(10)12-6-7-15-11(2)9-12/h4-5,8,11-12,15H,6-7,9H2,1-3H3. The fraction of sp³-hybridized carbons (Fsp3) is 0.571. The summed E-state index contributed by atoms with van der Waals surface area (Å²) in [4.78, 5) is 0. The highest BCUT2D eigenvalue weighted by atomic mass is 16.5. The van der Waals surface area contributed by atoms with Crippen LogP contribution in [-0.4, -0.2) is 19.7 Å². The largest absolute Gasteiger partial charge is 0.497 e. The summed E-state index contributed by atoms with van der Waals surface area (Å²) in [5.74, 6) is 1.67. The molecule has 0 saturated carbocycles. The summed E-state index contributed by atoms with van der Waals surface area (Å²) in [5.41, 5.74) is 2.85. The number of piperidine rings is 1. The van der Waals surface area contributed by atoms with Crippen molar-refractivity contribution in [2.24, 2.45) is 0 Å². The van der Waals surface area contributed by atoms with Crippen molar-refractivity contribution in [3.05, 3.63) is 29.3 Å². The minimum absolute atomic E-state index is 0.639. The van der Waals surface area contributed by atoms with Crippen molar-refractivity contribution in [1.82, 2.24) is 5.32 Å². The van der Waals surface area contributed by atoms with Crippen LogP contribution in [0.4, 0.5) is 0 Å². The zero-order chi connectivity index (χ0) is 11.5. The molecule has 88 valence electrons. The van der Waals surface area contributed by atoms with E-state index < -0.39 is 0 Å². The molecule has 1 aliphatic rings. The van der Waals surface area contributed by atoms with Gasteiger partial charge in [0.2, 0.25) is 0 Å². The van der Waals surface area contributed by atoms with Gasteiger partial charge in [0, 0.05) is 6.04 Å². The van der Waals surface area contributed by atoms with Crippen LogP contribution in [0.5, 0.6) is 5.75 Å². The molecule has 2 atom stereocenters. The SMILES string of the molecule is COc1ccc(C2CCNC(C)C2)c(C)c1. The number of methoxy groups -OCH3 is 1. The highest BCUT2D eigenvalue weighted by molar-refractivity contribution is 5.37. The Kier molecular flexibility index (Phi) is 3.49. The summed E-state index contributed by atoms with van der Waals surface area (Å²) >= 11 is 0. The van der Waals surface area contributed by atoms with Gasteiger partial charge in [0.25, 0.3) is 0 Å². The topological polar surface area (TPSA) is 21.3 Å². The zero-order valence-electron chi connectivity index (χ0n) is 10.4. The number of rotatable bonds is 2. The summed E-state index contributed by atoms with van der Waals surface area (Å²) in [6, 6.07) is 7.09. The first-order valence-electron chi connectivity index (χ1n) is 6.08. The average Bonchev–Trinajstić information content (AvgIpc) is 2.28. The second-order valence-electron chi connectivity index (χ2n) is 4.80. The number of hydrogen-bond acceptors (Lipinski definition) is 2. The third-order valence-corrected chi connectivity index (χ3v) is 3.54. The van der Waals surface area contributed by atoms with Crippen molar-refractivity contribution < 1.29 is 4.74 Å². The van der Waals surface area contributed by atoms with E-state index in [1.807, 2.05) is 0 Å². The van der Waals surface area contributed by atoms with Gasteiger partial charge in [-0.3, -0.25) is 0 Å². The van der Waals surface area contributed by atoms with E-state index >= 15 is 0 Å². The zero-order valence-corrected chi connectivity index (χ0v) is 10.4. The van der Waals surface area contributed by atoms with E-state index in [9.17, 15) is 0 Å². The molecule has 0 spiro atoms. The van der Waals surface area contributed by atoms with Crippen LogP contribution in [0.2, 0.25) is 0 Å². The average molecular weight is 219 g/mol. The van der Waals surface area contributed by atoms with Crippen molar-refractivity contribution in [3.63, 3.8) is 0 Å². The monoisotopic (exact) mass is 219 g/mol. The number of benzene rings is 1. The molecule has 0 amide bonds. The lowest BCUT2D eigenvalue weighted by Gasteiger charge is -2.29. The predicted octanol–water partition coefficient (Wildman–Crippen LogP) is 2.86. The van der Waals surface area contributed by atoms with Crippen LogP contribution in [0, 0.1) is 6.92 Å². The molecule has 0 aromatic heterocycles. The lowest BCUT2D eigenvalue weighted by molar-refractivity contribution is 0.379. The van der Waals surface area contributed by atoms with E-state index in [2.05, 4.69) is 37.4 Å². The van der Waals surface area contributed by atoms with Gasteiger partial charge in [-0.2, -0.15) is 0 Å². The van der Waals surface area contributed by atoms with Crippen LogP contribution in [0.3, 0.4) is 0 Å². The molecule has 1 saturated heterocycles. The van der Waals surface area contributed by atoms with Crippen LogP contribution in [0.15, 0.2) is 18.2 Å². The molecular weight excluding hydrogens is 198 g/mol. The molecular formula is C14H21NO. The Morgan fingerprint density at radius 1 is 1.38 bits per heavy atom. The molecule has 0 radical (unpaired) electrons. The molecule has 1 aromatic rings. The van der Waals surface area contributed by atoms with Gasteiger partial charge in [0.05, 0.1) is 7.11 Å². The Bertz CT molecular complexity index is 362. The van der Waals surface area contributed by atoms with Crippen molar-refractivity contribution in [2.75, 3.05) is 13.7 Å². The van der Waals surface area contributed by atoms with Gasteiger partial charge in [0.15, 0.2) is 0 Å². The molecule has 0 bridgehead atoms. The van der Waals surface area contributed by atoms with E-state index in [4.69, 9.17) is 4.74 Å². The normalized spacial score (nSPS) is 25.4. The fourth-order valence-electron chi connectivity index (χ4n) is 2.65. The van der Waals surface area contributed by atoms with Crippen LogP contribution in [0.25, 0.3) is 0 Å². The number of hydrogen-bond donors (Lipinski definition) is 1. The number of ether oxygens (including phenoxy) is 1. The lowest BCUT2D eigenvalue weighted by atomic mass is 9.85. The Morgan fingerprint density at radius 3 is 2.81 bits per heavy atom. The molecule has 1 aliphatic heterocycles. The first-order valence-corrected chi connectivity index (χ1v) is 6.08. The third-order valence-electron chi connectivity index (χ3n) is 3.54. The van der Waals surface area contributed by atoms with Crippen molar-refractivity contribution in [2.45, 2.75) is 38.6 Å². The molecule has 1 fully saturated rings. The highest BCUT2D eigenvalue weighted by Crippen LogP contribution is 2.31. The van der Waals surface area contributed by atoms with Crippen molar-refractivity contribution >= 4 is 0 Å². The van der Waals surface area contributed by atoms with Gasteiger partial charge in [-0.25, -0.2) is 0 Å². The molecule has 1 heterocycles. The fourth-order valence-corrected chi connectivity index (χ4v) is 2.65. The van der Waals surface area contributed by atoms with E-state index in [1.165, 1.54) is 24.0 Å². The van der Waals surface area contributed by atoms with Gasteiger partial charge >= 0.3 is 0 Å². The molecule has 2 unspecified atom stereocenters. The van der Waals surface area contributed by atoms with Gasteiger partial charge in [0.1, 0.15) is 5.75 Å². The van der Waals surface area contributed by atoms with Gasteiger partial charge in [-0.1, -0.05) is 6.07 Å². The van der Waals surface area contributed by atoms with Gasteiger partial charge < -0.3 is 10.1 Å². The first-order chi connectivity index (χ1) is 7.70. The van der Waals surface area contributed by atoms with E-state index in [0.717, 1.165) is 12.3 Å². The van der Waals surface area contributed by atoms with Crippen LogP contribution < -0.4 is 10.1 Å². The molecule has 2 heteroatoms. The highest BCUT2D eigenvalue weighted by Gasteiger charge is 2.21. The second-order valence-corrected chi connectivity index (χ2v) is 4.80. The van der Waals surface area contributed by atoms with Crippen LogP contribution in [-0.2, 0) is 0 Å². The molecule has 2 rings (SSSR count). The number of aryl methyl sites for hydroxylation is 1. The summed E-state index contributed by atoms with van der Waals surface area (Å²) < 4.78 is 5.25. The maximum absolute atomic E-state index is 5.25. The lowest BCUT2D eigenvalue weighted by Crippen LogP contribution is -2.35. The number of nitrogens with one attached hydrogen (secondary N) is 1. The van der Waals surface area contributed by atoms with Gasteiger partial charge in [-0.15, -0.1) is 0 Å². The maximum Gasteiger partial charge on any atom is 0.119 e. The smallest absolute Gasteiger partial charge is 0.119 e. The second kappa shape index (κ2) is 4.88.